The molecule has 0 spiro atoms. The van der Waals surface area contributed by atoms with Crippen LogP contribution in [0.25, 0.3) is 11.0 Å². The molecular formula is C18H17FN2O3. The summed E-state index contributed by atoms with van der Waals surface area (Å²) in [6.45, 7) is 2.49. The van der Waals surface area contributed by atoms with E-state index in [1.165, 1.54) is 17.0 Å². The van der Waals surface area contributed by atoms with Gasteiger partial charge in [-0.15, -0.1) is 0 Å². The van der Waals surface area contributed by atoms with Gasteiger partial charge in [0.05, 0.1) is 19.0 Å². The van der Waals surface area contributed by atoms with Crippen LogP contribution in [-0.4, -0.2) is 29.2 Å². The minimum absolute atomic E-state index is 0.0562. The Balaban J connectivity index is 2.21. The van der Waals surface area contributed by atoms with Crippen LogP contribution in [0.4, 0.5) is 9.18 Å². The second-order valence-corrected chi connectivity index (χ2v) is 5.24. The van der Waals surface area contributed by atoms with Crippen molar-refractivity contribution >= 4 is 17.1 Å². The van der Waals surface area contributed by atoms with E-state index in [1.807, 2.05) is 13.0 Å². The fraction of sp³-hybridized carbons (Fsp3) is 0.333. The first kappa shape index (κ1) is 17.4. The zero-order valence-electron chi connectivity index (χ0n) is 13.3. The van der Waals surface area contributed by atoms with Crippen molar-refractivity contribution in [3.63, 3.8) is 0 Å². The molecule has 1 aromatic heterocycles. The number of carboxylic acid groups (broad SMARTS) is 1. The summed E-state index contributed by atoms with van der Waals surface area (Å²) >= 11 is 0. The van der Waals surface area contributed by atoms with E-state index in [0.717, 1.165) is 12.8 Å². The van der Waals surface area contributed by atoms with Crippen molar-refractivity contribution in [2.24, 2.45) is 0 Å². The molecule has 1 aromatic carbocycles. The number of hydrogen-bond donors (Lipinski definition) is 1. The summed E-state index contributed by atoms with van der Waals surface area (Å²) in [5, 5.41) is 18.4. The van der Waals surface area contributed by atoms with Crippen LogP contribution < -0.4 is 0 Å². The first-order valence-corrected chi connectivity index (χ1v) is 7.61. The number of amides is 1. The minimum atomic E-state index is -1.01. The lowest BCUT2D eigenvalue weighted by molar-refractivity contribution is 0.150. The summed E-state index contributed by atoms with van der Waals surface area (Å²) in [7, 11) is 0. The maximum atomic E-state index is 13.8. The van der Waals surface area contributed by atoms with Gasteiger partial charge in [-0.25, -0.2) is 9.18 Å². The highest BCUT2D eigenvalue weighted by atomic mass is 19.1. The maximum absolute atomic E-state index is 13.8. The predicted octanol–water partition coefficient (Wildman–Crippen LogP) is 3.77. The first-order chi connectivity index (χ1) is 11.6. The zero-order chi connectivity index (χ0) is 17.5. The Kier molecular flexibility index (Phi) is 5.81. The first-order valence-electron chi connectivity index (χ1n) is 7.61. The van der Waals surface area contributed by atoms with Crippen LogP contribution in [0.5, 0.6) is 0 Å². The molecule has 0 saturated carbocycles. The van der Waals surface area contributed by atoms with Crippen molar-refractivity contribution in [3.05, 3.63) is 35.3 Å². The molecule has 0 saturated heterocycles. The topological polar surface area (TPSA) is 77.5 Å². The number of nitrogens with zero attached hydrogens (tertiary/aromatic N) is 2. The van der Waals surface area contributed by atoms with Crippen LogP contribution in [0.3, 0.4) is 0 Å². The quantitative estimate of drug-likeness (QED) is 0.848. The van der Waals surface area contributed by atoms with Crippen molar-refractivity contribution in [3.8, 4) is 17.9 Å². The van der Waals surface area contributed by atoms with Crippen LogP contribution in [0.2, 0.25) is 0 Å². The van der Waals surface area contributed by atoms with Crippen LogP contribution in [0.15, 0.2) is 22.6 Å². The van der Waals surface area contributed by atoms with Crippen molar-refractivity contribution in [1.82, 2.24) is 4.90 Å². The average molecular weight is 328 g/mol. The van der Waals surface area contributed by atoms with E-state index in [2.05, 4.69) is 11.8 Å². The number of benzene rings is 1. The van der Waals surface area contributed by atoms with Gasteiger partial charge in [-0.1, -0.05) is 19.3 Å². The number of nitriles is 1. The normalized spacial score (nSPS) is 10.0. The molecule has 0 unspecified atom stereocenters. The van der Waals surface area contributed by atoms with Gasteiger partial charge in [0.2, 0.25) is 0 Å². The molecule has 0 radical (unpaired) electrons. The number of halogens is 1. The Morgan fingerprint density at radius 3 is 2.92 bits per heavy atom. The Morgan fingerprint density at radius 1 is 1.46 bits per heavy atom. The zero-order valence-corrected chi connectivity index (χ0v) is 13.3. The maximum Gasteiger partial charge on any atom is 0.408 e. The standard InChI is InChI=1S/C18H17FN2O3/c1-2-3-10-21(18(22)23)11-4-5-13-12-15-14(8-9-20)16(19)6-7-17(15)24-13/h6-7,12H,2-3,8,10-11H2,1H3,(H,22,23). The summed E-state index contributed by atoms with van der Waals surface area (Å²) in [4.78, 5) is 12.3. The van der Waals surface area contributed by atoms with Gasteiger partial charge in [0.25, 0.3) is 0 Å². The lowest BCUT2D eigenvalue weighted by atomic mass is 10.1. The molecule has 2 aromatic rings. The highest BCUT2D eigenvalue weighted by Gasteiger charge is 2.12. The molecule has 124 valence electrons. The van der Waals surface area contributed by atoms with Crippen LogP contribution in [-0.2, 0) is 6.42 Å². The number of rotatable bonds is 5. The Morgan fingerprint density at radius 2 is 2.25 bits per heavy atom. The van der Waals surface area contributed by atoms with E-state index in [1.54, 1.807) is 6.07 Å². The lowest BCUT2D eigenvalue weighted by Gasteiger charge is -2.14. The van der Waals surface area contributed by atoms with Gasteiger partial charge in [0, 0.05) is 23.6 Å². The molecule has 0 aliphatic heterocycles. The number of unbranched alkanes of at least 4 members (excludes halogenated alkanes) is 1. The van der Waals surface area contributed by atoms with E-state index in [-0.39, 0.29) is 18.5 Å². The van der Waals surface area contributed by atoms with Gasteiger partial charge in [0.1, 0.15) is 11.4 Å². The lowest BCUT2D eigenvalue weighted by Crippen LogP contribution is -2.30. The number of hydrogen-bond acceptors (Lipinski definition) is 3. The molecule has 24 heavy (non-hydrogen) atoms. The van der Waals surface area contributed by atoms with Gasteiger partial charge < -0.3 is 9.52 Å². The van der Waals surface area contributed by atoms with Crippen molar-refractivity contribution in [2.45, 2.75) is 26.2 Å². The molecule has 5 nitrogen and oxygen atoms in total. The van der Waals surface area contributed by atoms with Gasteiger partial charge in [-0.05, 0) is 24.5 Å². The van der Waals surface area contributed by atoms with Gasteiger partial charge in [-0.2, -0.15) is 5.26 Å². The van der Waals surface area contributed by atoms with Crippen molar-refractivity contribution in [2.75, 3.05) is 13.1 Å². The van der Waals surface area contributed by atoms with E-state index >= 15 is 0 Å². The van der Waals surface area contributed by atoms with Gasteiger partial charge in [0.15, 0.2) is 5.76 Å². The van der Waals surface area contributed by atoms with Crippen molar-refractivity contribution < 1.29 is 18.7 Å². The summed E-state index contributed by atoms with van der Waals surface area (Å²) < 4.78 is 19.3. The smallest absolute Gasteiger partial charge is 0.408 e. The molecule has 1 heterocycles. The van der Waals surface area contributed by atoms with Gasteiger partial charge >= 0.3 is 6.09 Å². The molecule has 6 heteroatoms. The molecule has 0 fully saturated rings. The molecule has 0 atom stereocenters. The van der Waals surface area contributed by atoms with E-state index in [9.17, 15) is 9.18 Å². The molecule has 2 rings (SSSR count). The SMILES string of the molecule is CCCCN(CC#Cc1cc2c(CC#N)c(F)ccc2o1)C(=O)O. The monoisotopic (exact) mass is 328 g/mol. The van der Waals surface area contributed by atoms with E-state index in [4.69, 9.17) is 14.8 Å². The molecule has 0 aliphatic rings. The molecule has 1 amide bonds. The molecule has 1 N–H and O–H groups in total. The summed E-state index contributed by atoms with van der Waals surface area (Å²) in [6.07, 6.45) is 0.601. The molecule has 0 bridgehead atoms. The summed E-state index contributed by atoms with van der Waals surface area (Å²) in [6, 6.07) is 6.25. The summed E-state index contributed by atoms with van der Waals surface area (Å²) in [5.74, 6) is 5.38. The third kappa shape index (κ3) is 4.05. The van der Waals surface area contributed by atoms with E-state index in [0.29, 0.717) is 23.3 Å². The molecular weight excluding hydrogens is 311 g/mol. The highest BCUT2D eigenvalue weighted by molar-refractivity contribution is 5.83. The number of carbonyl (C=O) groups is 1. The Hall–Kier alpha value is -2.99. The van der Waals surface area contributed by atoms with E-state index < -0.39 is 11.9 Å². The summed E-state index contributed by atoms with van der Waals surface area (Å²) in [5.41, 5.74) is 0.730. The molecule has 0 aliphatic carbocycles. The van der Waals surface area contributed by atoms with Gasteiger partial charge in [-0.3, -0.25) is 4.90 Å². The average Bonchev–Trinajstić information content (AvgIpc) is 2.96. The Bertz CT molecular complexity index is 840. The van der Waals surface area contributed by atoms with Crippen LogP contribution in [0, 0.1) is 29.0 Å². The fourth-order valence-electron chi connectivity index (χ4n) is 2.28. The second kappa shape index (κ2) is 8.03. The van der Waals surface area contributed by atoms with Crippen LogP contribution >= 0.6 is 0 Å². The highest BCUT2D eigenvalue weighted by Crippen LogP contribution is 2.25. The number of fused-ring (bicyclic) bond motifs is 1. The Labute approximate surface area is 139 Å². The largest absolute Gasteiger partial charge is 0.465 e. The third-order valence-corrected chi connectivity index (χ3v) is 3.54. The second-order valence-electron chi connectivity index (χ2n) is 5.24. The predicted molar refractivity (Wildman–Crippen MR) is 86.9 cm³/mol. The fourth-order valence-corrected chi connectivity index (χ4v) is 2.28. The minimum Gasteiger partial charge on any atom is -0.465 e. The van der Waals surface area contributed by atoms with Crippen molar-refractivity contribution in [1.29, 1.82) is 5.26 Å². The number of furan rings is 1. The van der Waals surface area contributed by atoms with Crippen LogP contribution in [0.1, 0.15) is 31.1 Å². The third-order valence-electron chi connectivity index (χ3n) is 3.54.